The second kappa shape index (κ2) is 5.82. The van der Waals surface area contributed by atoms with Crippen LogP contribution in [-0.4, -0.2) is 26.3 Å². The second-order valence-corrected chi connectivity index (χ2v) is 7.34. The van der Waals surface area contributed by atoms with E-state index in [-0.39, 0.29) is 0 Å². The molecule has 0 radical (unpaired) electrons. The Kier molecular flexibility index (Phi) is 5.77. The van der Waals surface area contributed by atoms with E-state index in [1.165, 1.54) is 0 Å². The standard InChI is InChI=1S/C10H24N2O2S/c1-5-9(6-7-11)8-12-15(13,14)10(2,3)4/h9,12H,5-8,11H2,1-4H3. The van der Waals surface area contributed by atoms with Crippen LogP contribution < -0.4 is 10.5 Å². The Morgan fingerprint density at radius 2 is 1.87 bits per heavy atom. The number of rotatable bonds is 6. The summed E-state index contributed by atoms with van der Waals surface area (Å²) in [6.07, 6.45) is 1.81. The molecule has 0 aliphatic heterocycles. The quantitative estimate of drug-likeness (QED) is 0.725. The molecule has 0 aromatic heterocycles. The number of hydrogen-bond acceptors (Lipinski definition) is 3. The van der Waals surface area contributed by atoms with E-state index >= 15 is 0 Å². The predicted molar refractivity (Wildman–Crippen MR) is 64.1 cm³/mol. The van der Waals surface area contributed by atoms with Crippen LogP contribution >= 0.6 is 0 Å². The minimum atomic E-state index is -3.21. The van der Waals surface area contributed by atoms with E-state index in [0.717, 1.165) is 12.8 Å². The summed E-state index contributed by atoms with van der Waals surface area (Å²) in [6.45, 7) is 8.23. The van der Waals surface area contributed by atoms with Crippen molar-refractivity contribution in [2.45, 2.75) is 45.3 Å². The molecule has 0 rings (SSSR count). The first-order valence-corrected chi connectivity index (χ1v) is 6.92. The van der Waals surface area contributed by atoms with Crippen LogP contribution in [0.4, 0.5) is 0 Å². The van der Waals surface area contributed by atoms with Gasteiger partial charge in [-0.3, -0.25) is 0 Å². The van der Waals surface area contributed by atoms with Crippen molar-refractivity contribution in [3.63, 3.8) is 0 Å². The van der Waals surface area contributed by atoms with Crippen molar-refractivity contribution in [3.8, 4) is 0 Å². The average molecular weight is 236 g/mol. The fourth-order valence-electron chi connectivity index (χ4n) is 1.13. The van der Waals surface area contributed by atoms with E-state index in [2.05, 4.69) is 4.72 Å². The number of nitrogens with two attached hydrogens (primary N) is 1. The van der Waals surface area contributed by atoms with E-state index in [4.69, 9.17) is 5.73 Å². The molecule has 1 unspecified atom stereocenters. The Labute approximate surface area is 93.7 Å². The highest BCUT2D eigenvalue weighted by Gasteiger charge is 2.28. The first-order valence-electron chi connectivity index (χ1n) is 5.44. The number of hydrogen-bond donors (Lipinski definition) is 2. The molecule has 0 aromatic rings. The van der Waals surface area contributed by atoms with E-state index in [9.17, 15) is 8.42 Å². The van der Waals surface area contributed by atoms with Gasteiger partial charge in [-0.15, -0.1) is 0 Å². The summed E-state index contributed by atoms with van der Waals surface area (Å²) in [5.41, 5.74) is 5.45. The van der Waals surface area contributed by atoms with Gasteiger partial charge in [-0.1, -0.05) is 13.3 Å². The molecule has 0 aliphatic rings. The summed E-state index contributed by atoms with van der Waals surface area (Å²) in [4.78, 5) is 0. The van der Waals surface area contributed by atoms with Crippen LogP contribution in [-0.2, 0) is 10.0 Å². The summed E-state index contributed by atoms with van der Waals surface area (Å²) >= 11 is 0. The van der Waals surface area contributed by atoms with Crippen LogP contribution in [0.3, 0.4) is 0 Å². The highest BCUT2D eigenvalue weighted by atomic mass is 32.2. The van der Waals surface area contributed by atoms with E-state index in [0.29, 0.717) is 19.0 Å². The largest absolute Gasteiger partial charge is 0.330 e. The molecule has 0 saturated carbocycles. The topological polar surface area (TPSA) is 72.2 Å². The van der Waals surface area contributed by atoms with Crippen molar-refractivity contribution in [2.24, 2.45) is 11.7 Å². The zero-order valence-electron chi connectivity index (χ0n) is 10.2. The SMILES string of the molecule is CCC(CCN)CNS(=O)(=O)C(C)(C)C. The highest BCUT2D eigenvalue weighted by molar-refractivity contribution is 7.90. The van der Waals surface area contributed by atoms with Gasteiger partial charge < -0.3 is 5.73 Å². The molecule has 0 spiro atoms. The van der Waals surface area contributed by atoms with Gasteiger partial charge in [0.1, 0.15) is 0 Å². The molecular weight excluding hydrogens is 212 g/mol. The maximum Gasteiger partial charge on any atom is 0.216 e. The minimum absolute atomic E-state index is 0.340. The lowest BCUT2D eigenvalue weighted by Crippen LogP contribution is -2.41. The third-order valence-electron chi connectivity index (χ3n) is 2.52. The van der Waals surface area contributed by atoms with Gasteiger partial charge in [0, 0.05) is 6.54 Å². The Bertz CT molecular complexity index is 268. The lowest BCUT2D eigenvalue weighted by Gasteiger charge is -2.22. The summed E-state index contributed by atoms with van der Waals surface area (Å²) in [7, 11) is -3.21. The summed E-state index contributed by atoms with van der Waals surface area (Å²) in [5, 5.41) is 0. The Morgan fingerprint density at radius 1 is 1.33 bits per heavy atom. The third-order valence-corrected chi connectivity index (χ3v) is 4.68. The molecular formula is C10H24N2O2S. The van der Waals surface area contributed by atoms with Gasteiger partial charge in [0.05, 0.1) is 4.75 Å². The van der Waals surface area contributed by atoms with Crippen LogP contribution in [0.5, 0.6) is 0 Å². The van der Waals surface area contributed by atoms with Crippen molar-refractivity contribution in [1.82, 2.24) is 4.72 Å². The molecule has 5 heteroatoms. The first-order chi connectivity index (χ1) is 6.74. The fraction of sp³-hybridized carbons (Fsp3) is 1.00. The van der Waals surface area contributed by atoms with Gasteiger partial charge in [-0.25, -0.2) is 13.1 Å². The minimum Gasteiger partial charge on any atom is -0.330 e. The van der Waals surface area contributed by atoms with Gasteiger partial charge in [-0.05, 0) is 39.7 Å². The van der Waals surface area contributed by atoms with Crippen molar-refractivity contribution in [1.29, 1.82) is 0 Å². The Hall–Kier alpha value is -0.130. The molecule has 0 amide bonds. The van der Waals surface area contributed by atoms with Crippen molar-refractivity contribution in [2.75, 3.05) is 13.1 Å². The lowest BCUT2D eigenvalue weighted by atomic mass is 10.0. The average Bonchev–Trinajstić information content (AvgIpc) is 2.10. The van der Waals surface area contributed by atoms with Crippen LogP contribution in [0.2, 0.25) is 0 Å². The molecule has 1 atom stereocenters. The number of nitrogens with one attached hydrogen (secondary N) is 1. The van der Waals surface area contributed by atoms with E-state index in [1.54, 1.807) is 20.8 Å². The Morgan fingerprint density at radius 3 is 2.20 bits per heavy atom. The van der Waals surface area contributed by atoms with Gasteiger partial charge in [0.15, 0.2) is 0 Å². The van der Waals surface area contributed by atoms with Crippen molar-refractivity contribution < 1.29 is 8.42 Å². The highest BCUT2D eigenvalue weighted by Crippen LogP contribution is 2.14. The molecule has 0 aromatic carbocycles. The zero-order chi connectivity index (χ0) is 12.1. The molecule has 92 valence electrons. The third kappa shape index (κ3) is 4.95. The summed E-state index contributed by atoms with van der Waals surface area (Å²) in [6, 6.07) is 0. The Balaban J connectivity index is 4.26. The molecule has 0 fully saturated rings. The smallest absolute Gasteiger partial charge is 0.216 e. The van der Waals surface area contributed by atoms with Gasteiger partial charge in [-0.2, -0.15) is 0 Å². The van der Waals surface area contributed by atoms with Crippen LogP contribution in [0, 0.1) is 5.92 Å². The lowest BCUT2D eigenvalue weighted by molar-refractivity contribution is 0.460. The van der Waals surface area contributed by atoms with E-state index in [1.807, 2.05) is 6.92 Å². The van der Waals surface area contributed by atoms with Crippen LogP contribution in [0.15, 0.2) is 0 Å². The molecule has 0 aliphatic carbocycles. The van der Waals surface area contributed by atoms with E-state index < -0.39 is 14.8 Å². The van der Waals surface area contributed by atoms with Crippen molar-refractivity contribution >= 4 is 10.0 Å². The van der Waals surface area contributed by atoms with Gasteiger partial charge >= 0.3 is 0 Å². The van der Waals surface area contributed by atoms with Crippen LogP contribution in [0.1, 0.15) is 40.5 Å². The molecule has 0 bridgehead atoms. The van der Waals surface area contributed by atoms with Gasteiger partial charge in [0.25, 0.3) is 0 Å². The zero-order valence-corrected chi connectivity index (χ0v) is 11.0. The summed E-state index contributed by atoms with van der Waals surface area (Å²) < 4.78 is 25.4. The molecule has 15 heavy (non-hydrogen) atoms. The summed E-state index contributed by atoms with van der Waals surface area (Å²) in [5.74, 6) is 0.340. The fourth-order valence-corrected chi connectivity index (χ4v) is 2.02. The number of sulfonamides is 1. The maximum absolute atomic E-state index is 11.7. The van der Waals surface area contributed by atoms with Crippen LogP contribution in [0.25, 0.3) is 0 Å². The molecule has 0 heterocycles. The van der Waals surface area contributed by atoms with Gasteiger partial charge in [0.2, 0.25) is 10.0 Å². The molecule has 3 N–H and O–H groups in total. The predicted octanol–water partition coefficient (Wildman–Crippen LogP) is 1.08. The second-order valence-electron chi connectivity index (χ2n) is 4.82. The van der Waals surface area contributed by atoms with Crippen molar-refractivity contribution in [3.05, 3.63) is 0 Å². The molecule has 0 saturated heterocycles. The molecule has 4 nitrogen and oxygen atoms in total. The monoisotopic (exact) mass is 236 g/mol. The maximum atomic E-state index is 11.7. The first kappa shape index (κ1) is 14.9. The normalized spacial score (nSPS) is 15.3.